The van der Waals surface area contributed by atoms with Crippen LogP contribution in [0.4, 0.5) is 4.79 Å². The minimum absolute atomic E-state index is 0.168. The monoisotopic (exact) mass is 342 g/mol. The lowest BCUT2D eigenvalue weighted by molar-refractivity contribution is 0.0952. The number of alkyl carbamates (subject to hydrolysis) is 1. The normalized spacial score (nSPS) is 9.90. The maximum atomic E-state index is 11.7. The van der Waals surface area contributed by atoms with Gasteiger partial charge in [0, 0.05) is 23.1 Å². The maximum absolute atomic E-state index is 11.7. The summed E-state index contributed by atoms with van der Waals surface area (Å²) in [6, 6.07) is 7.06. The standard InChI is InChI=1S/C14H19BrN2O3/c1-2-3-10-20-14(19)17-9-8-16-13(18)11-4-6-12(15)7-5-11/h4-7H,2-3,8-10H2,1H3,(H,16,18)(H,17,19). The summed E-state index contributed by atoms with van der Waals surface area (Å²) < 4.78 is 5.84. The molecule has 0 aliphatic heterocycles. The molecule has 0 heterocycles. The number of rotatable bonds is 7. The van der Waals surface area contributed by atoms with Crippen molar-refractivity contribution in [1.82, 2.24) is 10.6 Å². The van der Waals surface area contributed by atoms with Gasteiger partial charge in [-0.3, -0.25) is 4.79 Å². The van der Waals surface area contributed by atoms with Crippen molar-refractivity contribution in [2.24, 2.45) is 0 Å². The molecule has 6 heteroatoms. The van der Waals surface area contributed by atoms with Crippen LogP contribution < -0.4 is 10.6 Å². The first-order valence-electron chi connectivity index (χ1n) is 6.58. The largest absolute Gasteiger partial charge is 0.450 e. The van der Waals surface area contributed by atoms with Crippen LogP contribution in [-0.4, -0.2) is 31.7 Å². The van der Waals surface area contributed by atoms with Crippen LogP contribution in [0.15, 0.2) is 28.7 Å². The van der Waals surface area contributed by atoms with E-state index in [1.807, 2.05) is 6.92 Å². The number of amides is 2. The second-order valence-electron chi connectivity index (χ2n) is 4.18. The summed E-state index contributed by atoms with van der Waals surface area (Å²) in [5.41, 5.74) is 0.582. The zero-order valence-electron chi connectivity index (χ0n) is 11.4. The molecule has 0 aliphatic rings. The molecular weight excluding hydrogens is 324 g/mol. The third-order valence-corrected chi connectivity index (χ3v) is 3.05. The number of nitrogens with one attached hydrogen (secondary N) is 2. The Morgan fingerprint density at radius 3 is 2.45 bits per heavy atom. The second-order valence-corrected chi connectivity index (χ2v) is 5.09. The summed E-state index contributed by atoms with van der Waals surface area (Å²) in [6.45, 7) is 3.15. The highest BCUT2D eigenvalue weighted by Gasteiger charge is 2.05. The molecule has 0 saturated carbocycles. The molecule has 2 N–H and O–H groups in total. The zero-order chi connectivity index (χ0) is 14.8. The van der Waals surface area contributed by atoms with E-state index in [2.05, 4.69) is 26.6 Å². The van der Waals surface area contributed by atoms with Crippen LogP contribution in [0.1, 0.15) is 30.1 Å². The lowest BCUT2D eigenvalue weighted by atomic mass is 10.2. The van der Waals surface area contributed by atoms with E-state index in [1.165, 1.54) is 0 Å². The van der Waals surface area contributed by atoms with Crippen molar-refractivity contribution >= 4 is 27.9 Å². The van der Waals surface area contributed by atoms with Gasteiger partial charge in [-0.2, -0.15) is 0 Å². The maximum Gasteiger partial charge on any atom is 0.407 e. The number of ether oxygens (including phenoxy) is 1. The van der Waals surface area contributed by atoms with E-state index in [0.717, 1.165) is 17.3 Å². The third kappa shape index (κ3) is 6.56. The molecule has 0 aliphatic carbocycles. The molecule has 20 heavy (non-hydrogen) atoms. The van der Waals surface area contributed by atoms with Crippen molar-refractivity contribution in [3.8, 4) is 0 Å². The third-order valence-electron chi connectivity index (χ3n) is 2.52. The Morgan fingerprint density at radius 2 is 1.80 bits per heavy atom. The number of hydrogen-bond acceptors (Lipinski definition) is 3. The number of carbonyl (C=O) groups is 2. The average molecular weight is 343 g/mol. The zero-order valence-corrected chi connectivity index (χ0v) is 13.0. The van der Waals surface area contributed by atoms with Crippen LogP contribution >= 0.6 is 15.9 Å². The van der Waals surface area contributed by atoms with Crippen molar-refractivity contribution < 1.29 is 14.3 Å². The van der Waals surface area contributed by atoms with Gasteiger partial charge in [0.15, 0.2) is 0 Å². The summed E-state index contributed by atoms with van der Waals surface area (Å²) in [5, 5.41) is 5.29. The van der Waals surface area contributed by atoms with Gasteiger partial charge in [-0.15, -0.1) is 0 Å². The van der Waals surface area contributed by atoms with Gasteiger partial charge in [0.1, 0.15) is 0 Å². The number of hydrogen-bond donors (Lipinski definition) is 2. The lowest BCUT2D eigenvalue weighted by Gasteiger charge is -2.08. The summed E-state index contributed by atoms with van der Waals surface area (Å²) in [4.78, 5) is 23.0. The summed E-state index contributed by atoms with van der Waals surface area (Å²) in [5.74, 6) is -0.168. The van der Waals surface area contributed by atoms with Gasteiger partial charge in [0.05, 0.1) is 6.61 Å². The molecule has 0 aromatic heterocycles. The number of carbonyl (C=O) groups excluding carboxylic acids is 2. The van der Waals surface area contributed by atoms with Crippen molar-refractivity contribution in [2.45, 2.75) is 19.8 Å². The van der Waals surface area contributed by atoms with E-state index < -0.39 is 6.09 Å². The Labute approximate surface area is 127 Å². The van der Waals surface area contributed by atoms with Gasteiger partial charge in [-0.25, -0.2) is 4.79 Å². The summed E-state index contributed by atoms with van der Waals surface area (Å²) >= 11 is 3.31. The molecule has 0 bridgehead atoms. The lowest BCUT2D eigenvalue weighted by Crippen LogP contribution is -2.35. The highest BCUT2D eigenvalue weighted by molar-refractivity contribution is 9.10. The first-order valence-corrected chi connectivity index (χ1v) is 7.37. The van der Waals surface area contributed by atoms with Crippen LogP contribution in [-0.2, 0) is 4.74 Å². The van der Waals surface area contributed by atoms with Crippen LogP contribution in [0.3, 0.4) is 0 Å². The molecule has 0 radical (unpaired) electrons. The molecule has 1 rings (SSSR count). The van der Waals surface area contributed by atoms with E-state index in [0.29, 0.717) is 25.3 Å². The van der Waals surface area contributed by atoms with Crippen LogP contribution in [0, 0.1) is 0 Å². The Hall–Kier alpha value is -1.56. The molecule has 0 atom stereocenters. The molecular formula is C14H19BrN2O3. The van der Waals surface area contributed by atoms with Crippen LogP contribution in [0.25, 0.3) is 0 Å². The fourth-order valence-corrected chi connectivity index (χ4v) is 1.67. The van der Waals surface area contributed by atoms with Crippen LogP contribution in [0.2, 0.25) is 0 Å². The van der Waals surface area contributed by atoms with E-state index in [4.69, 9.17) is 4.74 Å². The van der Waals surface area contributed by atoms with E-state index >= 15 is 0 Å². The van der Waals surface area contributed by atoms with Gasteiger partial charge < -0.3 is 15.4 Å². The van der Waals surface area contributed by atoms with Crippen LogP contribution in [0.5, 0.6) is 0 Å². The minimum Gasteiger partial charge on any atom is -0.450 e. The topological polar surface area (TPSA) is 67.4 Å². The number of halogens is 1. The van der Waals surface area contributed by atoms with Gasteiger partial charge >= 0.3 is 6.09 Å². The molecule has 1 aromatic carbocycles. The van der Waals surface area contributed by atoms with Crippen molar-refractivity contribution in [3.63, 3.8) is 0 Å². The molecule has 0 unspecified atom stereocenters. The summed E-state index contributed by atoms with van der Waals surface area (Å²) in [7, 11) is 0. The molecule has 0 fully saturated rings. The molecule has 110 valence electrons. The summed E-state index contributed by atoms with van der Waals surface area (Å²) in [6.07, 6.45) is 1.39. The Balaban J connectivity index is 2.16. The second kappa shape index (κ2) is 9.36. The van der Waals surface area contributed by atoms with Gasteiger partial charge in [-0.1, -0.05) is 29.3 Å². The highest BCUT2D eigenvalue weighted by atomic mass is 79.9. The first-order chi connectivity index (χ1) is 9.63. The molecule has 2 amide bonds. The quantitative estimate of drug-likeness (QED) is 0.748. The Kier molecular flexibility index (Phi) is 7.72. The Bertz CT molecular complexity index is 435. The van der Waals surface area contributed by atoms with Gasteiger partial charge in [0.25, 0.3) is 5.91 Å². The Morgan fingerprint density at radius 1 is 1.15 bits per heavy atom. The van der Waals surface area contributed by atoms with E-state index in [9.17, 15) is 9.59 Å². The molecule has 0 saturated heterocycles. The molecule has 5 nitrogen and oxygen atoms in total. The molecule has 0 spiro atoms. The minimum atomic E-state index is -0.448. The SMILES string of the molecule is CCCCOC(=O)NCCNC(=O)c1ccc(Br)cc1. The average Bonchev–Trinajstić information content (AvgIpc) is 2.44. The smallest absolute Gasteiger partial charge is 0.407 e. The fraction of sp³-hybridized carbons (Fsp3) is 0.429. The fourth-order valence-electron chi connectivity index (χ4n) is 1.40. The van der Waals surface area contributed by atoms with Crippen molar-refractivity contribution in [2.75, 3.05) is 19.7 Å². The van der Waals surface area contributed by atoms with Crippen molar-refractivity contribution in [3.05, 3.63) is 34.3 Å². The van der Waals surface area contributed by atoms with E-state index in [-0.39, 0.29) is 5.91 Å². The predicted molar refractivity (Wildman–Crippen MR) is 80.7 cm³/mol. The van der Waals surface area contributed by atoms with Gasteiger partial charge in [-0.05, 0) is 30.7 Å². The first kappa shape index (κ1) is 16.5. The van der Waals surface area contributed by atoms with E-state index in [1.54, 1.807) is 24.3 Å². The van der Waals surface area contributed by atoms with Gasteiger partial charge in [0.2, 0.25) is 0 Å². The molecule has 1 aromatic rings. The predicted octanol–water partition coefficient (Wildman–Crippen LogP) is 2.71. The number of unbranched alkanes of at least 4 members (excludes halogenated alkanes) is 1. The highest BCUT2D eigenvalue weighted by Crippen LogP contribution is 2.10. The van der Waals surface area contributed by atoms with Crippen molar-refractivity contribution in [1.29, 1.82) is 0 Å². The number of benzene rings is 1.